The van der Waals surface area contributed by atoms with Crippen LogP contribution in [0.25, 0.3) is 0 Å². The average Bonchev–Trinajstić information content (AvgIpc) is 2.79. The van der Waals surface area contributed by atoms with Gasteiger partial charge in [0, 0.05) is 27.7 Å². The molecule has 1 aliphatic heterocycles. The van der Waals surface area contributed by atoms with Gasteiger partial charge in [-0.15, -0.1) is 11.3 Å². The second-order valence-electron chi connectivity index (χ2n) is 5.15. The van der Waals surface area contributed by atoms with Crippen molar-refractivity contribution in [1.82, 2.24) is 10.2 Å². The molecule has 1 N–H and O–H groups in total. The summed E-state index contributed by atoms with van der Waals surface area (Å²) in [6.07, 6.45) is 3.39. The number of rotatable bonds is 3. The highest BCUT2D eigenvalue weighted by Crippen LogP contribution is 2.34. The van der Waals surface area contributed by atoms with Crippen LogP contribution in [-0.4, -0.2) is 50.9 Å². The van der Waals surface area contributed by atoms with Crippen LogP contribution in [0.5, 0.6) is 0 Å². The van der Waals surface area contributed by atoms with E-state index in [1.54, 1.807) is 14.1 Å². The van der Waals surface area contributed by atoms with Crippen LogP contribution in [-0.2, 0) is 11.2 Å². The van der Waals surface area contributed by atoms with Crippen LogP contribution in [0, 0.1) is 0 Å². The number of anilines is 1. The number of fused-ring (bicyclic) bond motifs is 1. The zero-order valence-corrected chi connectivity index (χ0v) is 13.0. The van der Waals surface area contributed by atoms with Gasteiger partial charge in [-0.1, -0.05) is 0 Å². The molecule has 2 heterocycles. The Labute approximate surface area is 123 Å². The zero-order chi connectivity index (χ0) is 14.7. The quantitative estimate of drug-likeness (QED) is 0.915. The number of carbonyl (C=O) groups excluding carboxylic acids is 2. The molecule has 0 saturated heterocycles. The molecular weight excluding hydrogens is 274 g/mol. The van der Waals surface area contributed by atoms with Crippen LogP contribution in [0.2, 0.25) is 0 Å². The summed E-state index contributed by atoms with van der Waals surface area (Å²) in [6, 6.07) is 1.99. The number of amides is 2. The van der Waals surface area contributed by atoms with E-state index in [-0.39, 0.29) is 18.4 Å². The van der Waals surface area contributed by atoms with Gasteiger partial charge in [-0.2, -0.15) is 0 Å². The highest BCUT2D eigenvalue weighted by atomic mass is 32.1. The van der Waals surface area contributed by atoms with Crippen molar-refractivity contribution in [1.29, 1.82) is 0 Å². The molecule has 0 atom stereocenters. The van der Waals surface area contributed by atoms with Gasteiger partial charge >= 0.3 is 0 Å². The topological polar surface area (TPSA) is 52.7 Å². The van der Waals surface area contributed by atoms with Crippen LogP contribution in [0.4, 0.5) is 5.00 Å². The monoisotopic (exact) mass is 295 g/mol. The van der Waals surface area contributed by atoms with Gasteiger partial charge in [0.1, 0.15) is 0 Å². The maximum absolute atomic E-state index is 12.3. The highest BCUT2D eigenvalue weighted by Gasteiger charge is 2.22. The van der Waals surface area contributed by atoms with Crippen LogP contribution in [0.3, 0.4) is 0 Å². The van der Waals surface area contributed by atoms with E-state index in [4.69, 9.17) is 0 Å². The first-order valence-corrected chi connectivity index (χ1v) is 7.64. The van der Waals surface area contributed by atoms with Crippen LogP contribution >= 0.6 is 11.3 Å². The third-order valence-electron chi connectivity index (χ3n) is 3.54. The second kappa shape index (κ2) is 6.26. The van der Waals surface area contributed by atoms with E-state index < -0.39 is 0 Å². The molecule has 0 bridgehead atoms. The van der Waals surface area contributed by atoms with Crippen molar-refractivity contribution < 1.29 is 9.59 Å². The number of hydrogen-bond donors (Lipinski definition) is 1. The number of carbonyl (C=O) groups is 2. The lowest BCUT2D eigenvalue weighted by Crippen LogP contribution is -2.36. The molecule has 0 aromatic carbocycles. The number of thiophene rings is 1. The van der Waals surface area contributed by atoms with E-state index in [1.807, 2.05) is 6.07 Å². The van der Waals surface area contributed by atoms with Crippen molar-refractivity contribution in [2.75, 3.05) is 39.1 Å². The number of nitrogens with one attached hydrogen (secondary N) is 1. The molecule has 20 heavy (non-hydrogen) atoms. The normalized spacial score (nSPS) is 14.4. The number of likely N-dealkylation sites (N-methyl/N-ethyl adjacent to an activating group) is 2. The molecular formula is C14H21N3O2S. The Kier molecular flexibility index (Phi) is 4.65. The molecule has 6 heteroatoms. The van der Waals surface area contributed by atoms with Gasteiger partial charge in [0.05, 0.1) is 16.4 Å². The van der Waals surface area contributed by atoms with Crippen molar-refractivity contribution in [2.45, 2.75) is 19.3 Å². The van der Waals surface area contributed by atoms with Gasteiger partial charge in [0.15, 0.2) is 0 Å². The predicted octanol–water partition coefficient (Wildman–Crippen LogP) is 1.34. The molecule has 110 valence electrons. The summed E-state index contributed by atoms with van der Waals surface area (Å²) >= 11 is 1.53. The van der Waals surface area contributed by atoms with E-state index in [2.05, 4.69) is 17.3 Å². The number of nitrogens with zero attached hydrogens (tertiary/aromatic N) is 2. The second-order valence-corrected chi connectivity index (χ2v) is 6.18. The van der Waals surface area contributed by atoms with Gasteiger partial charge < -0.3 is 15.1 Å². The van der Waals surface area contributed by atoms with Crippen molar-refractivity contribution in [3.8, 4) is 0 Å². The molecule has 0 fully saturated rings. The fourth-order valence-corrected chi connectivity index (χ4v) is 3.54. The lowest BCUT2D eigenvalue weighted by Gasteiger charge is -2.16. The van der Waals surface area contributed by atoms with Gasteiger partial charge in [0.2, 0.25) is 5.91 Å². The largest absolute Gasteiger partial charge is 0.366 e. The Hall–Kier alpha value is -1.56. The third-order valence-corrected chi connectivity index (χ3v) is 4.82. The standard InChI is InChI=1S/C14H21N3O2S/c1-15-12(18)9-17(3)13(19)11-8-10-6-4-5-7-16(2)14(10)20-11/h8H,4-7,9H2,1-3H3,(H,15,18). The minimum Gasteiger partial charge on any atom is -0.366 e. The summed E-state index contributed by atoms with van der Waals surface area (Å²) in [4.78, 5) is 28.1. The van der Waals surface area contributed by atoms with Crippen LogP contribution in [0.1, 0.15) is 28.1 Å². The summed E-state index contributed by atoms with van der Waals surface area (Å²) < 4.78 is 0. The van der Waals surface area contributed by atoms with E-state index in [9.17, 15) is 9.59 Å². The molecule has 5 nitrogen and oxygen atoms in total. The van der Waals surface area contributed by atoms with Gasteiger partial charge in [-0.05, 0) is 30.9 Å². The summed E-state index contributed by atoms with van der Waals surface area (Å²) in [7, 11) is 5.30. The zero-order valence-electron chi connectivity index (χ0n) is 12.2. The van der Waals surface area contributed by atoms with Crippen molar-refractivity contribution in [2.24, 2.45) is 0 Å². The summed E-state index contributed by atoms with van der Waals surface area (Å²) in [5.74, 6) is -0.240. The van der Waals surface area contributed by atoms with Crippen LogP contribution < -0.4 is 10.2 Å². The molecule has 2 amide bonds. The number of hydrogen-bond acceptors (Lipinski definition) is 4. The molecule has 1 aliphatic rings. The van der Waals surface area contributed by atoms with Crippen molar-refractivity contribution in [3.63, 3.8) is 0 Å². The fraction of sp³-hybridized carbons (Fsp3) is 0.571. The van der Waals surface area contributed by atoms with Gasteiger partial charge in [0.25, 0.3) is 5.91 Å². The Bertz CT molecular complexity index is 513. The maximum Gasteiger partial charge on any atom is 0.264 e. The highest BCUT2D eigenvalue weighted by molar-refractivity contribution is 7.18. The SMILES string of the molecule is CNC(=O)CN(C)C(=O)c1cc2c(s1)N(C)CCCC2. The van der Waals surface area contributed by atoms with E-state index in [0.29, 0.717) is 0 Å². The smallest absolute Gasteiger partial charge is 0.264 e. The predicted molar refractivity (Wildman–Crippen MR) is 81.6 cm³/mol. The third kappa shape index (κ3) is 3.12. The van der Waals surface area contributed by atoms with E-state index in [1.165, 1.54) is 33.2 Å². The Morgan fingerprint density at radius 3 is 2.90 bits per heavy atom. The maximum atomic E-state index is 12.3. The van der Waals surface area contributed by atoms with Crippen LogP contribution in [0.15, 0.2) is 6.07 Å². The first kappa shape index (κ1) is 14.8. The molecule has 0 spiro atoms. The Balaban J connectivity index is 2.15. The Morgan fingerprint density at radius 1 is 1.45 bits per heavy atom. The lowest BCUT2D eigenvalue weighted by atomic mass is 10.1. The lowest BCUT2D eigenvalue weighted by molar-refractivity contribution is -0.121. The molecule has 1 aromatic heterocycles. The molecule has 0 unspecified atom stereocenters. The molecule has 2 rings (SSSR count). The summed E-state index contributed by atoms with van der Waals surface area (Å²) in [5.41, 5.74) is 1.26. The van der Waals surface area contributed by atoms with Gasteiger partial charge in [-0.3, -0.25) is 9.59 Å². The Morgan fingerprint density at radius 2 is 2.20 bits per heavy atom. The number of aryl methyl sites for hydroxylation is 1. The van der Waals surface area contributed by atoms with Crippen molar-refractivity contribution in [3.05, 3.63) is 16.5 Å². The summed E-state index contributed by atoms with van der Waals surface area (Å²) in [5, 5.41) is 3.72. The molecule has 0 saturated carbocycles. The first-order chi connectivity index (χ1) is 9.52. The summed E-state index contributed by atoms with van der Waals surface area (Å²) in [6.45, 7) is 1.13. The molecule has 0 aliphatic carbocycles. The van der Waals surface area contributed by atoms with E-state index >= 15 is 0 Å². The average molecular weight is 295 g/mol. The minimum atomic E-state index is -0.156. The fourth-order valence-electron chi connectivity index (χ4n) is 2.35. The van der Waals surface area contributed by atoms with E-state index in [0.717, 1.165) is 24.3 Å². The van der Waals surface area contributed by atoms with Gasteiger partial charge in [-0.25, -0.2) is 0 Å². The first-order valence-electron chi connectivity index (χ1n) is 6.83. The molecule has 1 aromatic rings. The van der Waals surface area contributed by atoms with Crippen molar-refractivity contribution >= 4 is 28.2 Å². The minimum absolute atomic E-state index is 0.0833. The molecule has 0 radical (unpaired) electrons.